The van der Waals surface area contributed by atoms with Gasteiger partial charge in [-0.25, -0.2) is 0 Å². The van der Waals surface area contributed by atoms with Crippen molar-refractivity contribution in [3.63, 3.8) is 0 Å². The van der Waals surface area contributed by atoms with Crippen LogP contribution in [0.15, 0.2) is 85.1 Å². The van der Waals surface area contributed by atoms with Gasteiger partial charge in [-0.3, -0.25) is 4.98 Å². The number of aromatic nitrogens is 1. The molecule has 0 saturated heterocycles. The zero-order valence-corrected chi connectivity index (χ0v) is 14.1. The number of benzene rings is 2. The lowest BCUT2D eigenvalue weighted by Gasteiger charge is -2.16. The van der Waals surface area contributed by atoms with E-state index in [1.54, 1.807) is 0 Å². The molecule has 1 heterocycles. The molecule has 1 aromatic heterocycles. The minimum Gasteiger partial charge on any atom is -0.261 e. The molecule has 0 fully saturated rings. The summed E-state index contributed by atoms with van der Waals surface area (Å²) in [7, 11) is 0. The number of nitrogens with zero attached hydrogens (tertiary/aromatic N) is 1. The molecule has 0 aliphatic rings. The quantitative estimate of drug-likeness (QED) is 0.510. The average Bonchev–Trinajstić information content (AvgIpc) is 2.67. The molecule has 3 rings (SSSR count). The van der Waals surface area contributed by atoms with Gasteiger partial charge in [0.2, 0.25) is 0 Å². The van der Waals surface area contributed by atoms with Gasteiger partial charge in [-0.15, -0.1) is 0 Å². The number of hydrogen-bond donors (Lipinski definition) is 0. The number of pyridine rings is 1. The Morgan fingerprint density at radius 2 is 1.25 bits per heavy atom. The van der Waals surface area contributed by atoms with E-state index in [2.05, 4.69) is 77.8 Å². The largest absolute Gasteiger partial charge is 0.261 e. The third kappa shape index (κ3) is 5.06. The molecular formula is C23H25N. The van der Waals surface area contributed by atoms with E-state index in [-0.39, 0.29) is 0 Å². The average molecular weight is 315 g/mol. The minimum absolute atomic E-state index is 0.537. The molecule has 0 aliphatic heterocycles. The van der Waals surface area contributed by atoms with E-state index in [0.29, 0.717) is 5.92 Å². The Balaban J connectivity index is 1.59. The van der Waals surface area contributed by atoms with Crippen molar-refractivity contribution in [2.24, 2.45) is 0 Å². The van der Waals surface area contributed by atoms with Gasteiger partial charge in [0.1, 0.15) is 0 Å². The van der Waals surface area contributed by atoms with Crippen LogP contribution < -0.4 is 0 Å². The van der Waals surface area contributed by atoms with Crippen molar-refractivity contribution >= 4 is 0 Å². The smallest absolute Gasteiger partial charge is 0.0434 e. The maximum atomic E-state index is 4.62. The van der Waals surface area contributed by atoms with Gasteiger partial charge in [-0.2, -0.15) is 0 Å². The standard InChI is InChI=1S/C23H25N/c1-3-10-20(11-4-1)14-9-15-22(23-16-7-8-19-24-23)18-17-21-12-5-2-6-13-21/h1-8,10-13,16,19,22H,9,14-15,17-18H2. The normalized spacial score (nSPS) is 12.0. The molecule has 122 valence electrons. The summed E-state index contributed by atoms with van der Waals surface area (Å²) in [6.07, 6.45) is 7.75. The van der Waals surface area contributed by atoms with Crippen LogP contribution in [-0.4, -0.2) is 4.98 Å². The van der Waals surface area contributed by atoms with Crippen LogP contribution in [0.25, 0.3) is 0 Å². The zero-order chi connectivity index (χ0) is 16.5. The first-order chi connectivity index (χ1) is 11.9. The summed E-state index contributed by atoms with van der Waals surface area (Å²) in [6, 6.07) is 27.8. The van der Waals surface area contributed by atoms with Gasteiger partial charge in [0.25, 0.3) is 0 Å². The lowest BCUT2D eigenvalue weighted by Crippen LogP contribution is -2.04. The molecule has 1 unspecified atom stereocenters. The second kappa shape index (κ2) is 9.02. The van der Waals surface area contributed by atoms with E-state index in [1.165, 1.54) is 29.7 Å². The summed E-state index contributed by atoms with van der Waals surface area (Å²) >= 11 is 0. The highest BCUT2D eigenvalue weighted by Gasteiger charge is 2.13. The van der Waals surface area contributed by atoms with E-state index in [0.717, 1.165) is 19.3 Å². The summed E-state index contributed by atoms with van der Waals surface area (Å²) in [5.41, 5.74) is 4.09. The van der Waals surface area contributed by atoms with E-state index >= 15 is 0 Å². The Bertz CT molecular complexity index is 692. The number of hydrogen-bond acceptors (Lipinski definition) is 1. The molecule has 0 amide bonds. The summed E-state index contributed by atoms with van der Waals surface area (Å²) in [5, 5.41) is 0. The van der Waals surface area contributed by atoms with Crippen LogP contribution in [0.5, 0.6) is 0 Å². The molecule has 1 nitrogen and oxygen atoms in total. The van der Waals surface area contributed by atoms with Crippen molar-refractivity contribution in [1.29, 1.82) is 0 Å². The van der Waals surface area contributed by atoms with Gasteiger partial charge < -0.3 is 0 Å². The van der Waals surface area contributed by atoms with Gasteiger partial charge in [0, 0.05) is 17.8 Å². The lowest BCUT2D eigenvalue weighted by atomic mass is 9.90. The molecule has 0 radical (unpaired) electrons. The van der Waals surface area contributed by atoms with Crippen LogP contribution >= 0.6 is 0 Å². The second-order valence-electron chi connectivity index (χ2n) is 6.35. The van der Waals surface area contributed by atoms with Crippen LogP contribution in [0.1, 0.15) is 42.0 Å². The van der Waals surface area contributed by atoms with Gasteiger partial charge in [-0.1, -0.05) is 66.7 Å². The van der Waals surface area contributed by atoms with Crippen molar-refractivity contribution in [1.82, 2.24) is 4.98 Å². The highest BCUT2D eigenvalue weighted by molar-refractivity contribution is 5.17. The van der Waals surface area contributed by atoms with Crippen molar-refractivity contribution in [3.8, 4) is 0 Å². The number of aryl methyl sites for hydroxylation is 2. The molecule has 0 spiro atoms. The van der Waals surface area contributed by atoms with Gasteiger partial charge in [0.15, 0.2) is 0 Å². The first-order valence-electron chi connectivity index (χ1n) is 8.90. The van der Waals surface area contributed by atoms with Crippen molar-refractivity contribution in [2.45, 2.75) is 38.0 Å². The molecule has 0 bridgehead atoms. The fourth-order valence-corrected chi connectivity index (χ4v) is 3.24. The maximum absolute atomic E-state index is 4.62. The second-order valence-corrected chi connectivity index (χ2v) is 6.35. The molecule has 0 N–H and O–H groups in total. The van der Waals surface area contributed by atoms with Gasteiger partial charge >= 0.3 is 0 Å². The van der Waals surface area contributed by atoms with Crippen LogP contribution in [0.3, 0.4) is 0 Å². The summed E-state index contributed by atoms with van der Waals surface area (Å²) < 4.78 is 0. The van der Waals surface area contributed by atoms with E-state index in [4.69, 9.17) is 0 Å². The fourth-order valence-electron chi connectivity index (χ4n) is 3.24. The Morgan fingerprint density at radius 3 is 1.88 bits per heavy atom. The molecule has 24 heavy (non-hydrogen) atoms. The van der Waals surface area contributed by atoms with Crippen molar-refractivity contribution < 1.29 is 0 Å². The SMILES string of the molecule is c1ccc(CCCC(CCc2ccccc2)c2ccccn2)cc1. The molecule has 1 atom stereocenters. The summed E-state index contributed by atoms with van der Waals surface area (Å²) in [4.78, 5) is 4.62. The van der Waals surface area contributed by atoms with E-state index in [1.807, 2.05) is 12.3 Å². The van der Waals surface area contributed by atoms with Gasteiger partial charge in [-0.05, 0) is 55.4 Å². The third-order valence-corrected chi connectivity index (χ3v) is 4.59. The van der Waals surface area contributed by atoms with Crippen LogP contribution in [0.4, 0.5) is 0 Å². The Labute approximate surface area is 145 Å². The monoisotopic (exact) mass is 315 g/mol. The maximum Gasteiger partial charge on any atom is 0.0434 e. The van der Waals surface area contributed by atoms with E-state index < -0.39 is 0 Å². The highest BCUT2D eigenvalue weighted by atomic mass is 14.7. The summed E-state index contributed by atoms with van der Waals surface area (Å²) in [6.45, 7) is 0. The van der Waals surface area contributed by atoms with Crippen LogP contribution in [0.2, 0.25) is 0 Å². The molecule has 0 aliphatic carbocycles. The van der Waals surface area contributed by atoms with Gasteiger partial charge in [0.05, 0.1) is 0 Å². The number of rotatable bonds is 8. The van der Waals surface area contributed by atoms with Crippen molar-refractivity contribution in [3.05, 3.63) is 102 Å². The predicted molar refractivity (Wildman–Crippen MR) is 101 cm³/mol. The topological polar surface area (TPSA) is 12.9 Å². The van der Waals surface area contributed by atoms with Crippen LogP contribution in [0, 0.1) is 0 Å². The predicted octanol–water partition coefficient (Wildman–Crippen LogP) is 5.82. The Morgan fingerprint density at radius 1 is 0.625 bits per heavy atom. The zero-order valence-electron chi connectivity index (χ0n) is 14.1. The fraction of sp³-hybridized carbons (Fsp3) is 0.261. The Hall–Kier alpha value is -2.41. The first kappa shape index (κ1) is 16.4. The molecular weight excluding hydrogens is 290 g/mol. The molecule has 0 saturated carbocycles. The molecule has 1 heteroatoms. The van der Waals surface area contributed by atoms with E-state index in [9.17, 15) is 0 Å². The van der Waals surface area contributed by atoms with Crippen LogP contribution in [-0.2, 0) is 12.8 Å². The third-order valence-electron chi connectivity index (χ3n) is 4.59. The Kier molecular flexibility index (Phi) is 6.18. The summed E-state index contributed by atoms with van der Waals surface area (Å²) in [5.74, 6) is 0.537. The first-order valence-corrected chi connectivity index (χ1v) is 8.90. The molecule has 3 aromatic rings. The highest BCUT2D eigenvalue weighted by Crippen LogP contribution is 2.26. The van der Waals surface area contributed by atoms with Crippen molar-refractivity contribution in [2.75, 3.05) is 0 Å². The minimum atomic E-state index is 0.537. The lowest BCUT2D eigenvalue weighted by molar-refractivity contribution is 0.541. The molecule has 2 aromatic carbocycles.